The number of nitrogen functional groups attached to an aromatic ring is 1. The Bertz CT molecular complexity index is 419. The number of hydrogen-bond acceptors (Lipinski definition) is 3. The van der Waals surface area contributed by atoms with E-state index in [2.05, 4.69) is 0 Å². The predicted molar refractivity (Wildman–Crippen MR) is 69.0 cm³/mol. The zero-order valence-corrected chi connectivity index (χ0v) is 11.3. The van der Waals surface area contributed by atoms with Crippen LogP contribution in [0.1, 0.15) is 19.4 Å². The fourth-order valence-electron chi connectivity index (χ4n) is 1.78. The molecule has 1 aromatic carbocycles. The van der Waals surface area contributed by atoms with Gasteiger partial charge in [0.1, 0.15) is 5.75 Å². The lowest BCUT2D eigenvalue weighted by Crippen LogP contribution is -2.38. The van der Waals surface area contributed by atoms with Crippen molar-refractivity contribution in [2.75, 3.05) is 19.4 Å². The normalized spacial score (nSPS) is 12.2. The summed E-state index contributed by atoms with van der Waals surface area (Å²) >= 11 is 0. The van der Waals surface area contributed by atoms with Crippen LogP contribution in [0.25, 0.3) is 0 Å². The van der Waals surface area contributed by atoms with E-state index >= 15 is 0 Å². The van der Waals surface area contributed by atoms with Crippen LogP contribution in [0.15, 0.2) is 18.2 Å². The quantitative estimate of drug-likeness (QED) is 0.840. The Morgan fingerprint density at radius 1 is 1.26 bits per heavy atom. The number of anilines is 1. The standard InChI is InChI=1S/C13H19F3N2O/c1-9(2)18(8-13(14,15)16)7-10-4-11(17)6-12(5-10)19-3/h4-6,9H,7-8,17H2,1-3H3. The molecule has 0 saturated heterocycles. The van der Waals surface area contributed by atoms with Crippen molar-refractivity contribution in [3.05, 3.63) is 23.8 Å². The summed E-state index contributed by atoms with van der Waals surface area (Å²) in [7, 11) is 1.49. The van der Waals surface area contributed by atoms with Crippen molar-refractivity contribution >= 4 is 5.69 Å². The Hall–Kier alpha value is -1.43. The Labute approximate surface area is 111 Å². The highest BCUT2D eigenvalue weighted by molar-refractivity contribution is 5.47. The van der Waals surface area contributed by atoms with Gasteiger partial charge in [0.15, 0.2) is 0 Å². The van der Waals surface area contributed by atoms with E-state index in [1.54, 1.807) is 32.0 Å². The molecule has 2 N–H and O–H groups in total. The summed E-state index contributed by atoms with van der Waals surface area (Å²) in [5.74, 6) is 0.547. The van der Waals surface area contributed by atoms with Gasteiger partial charge in [0, 0.05) is 24.3 Å². The Kier molecular flexibility index (Phi) is 5.05. The highest BCUT2D eigenvalue weighted by Crippen LogP contribution is 2.23. The lowest BCUT2D eigenvalue weighted by molar-refractivity contribution is -0.150. The number of hydrogen-bond donors (Lipinski definition) is 1. The maximum absolute atomic E-state index is 12.5. The molecule has 1 aromatic rings. The third-order valence-corrected chi connectivity index (χ3v) is 2.72. The highest BCUT2D eigenvalue weighted by atomic mass is 19.4. The molecule has 0 spiro atoms. The van der Waals surface area contributed by atoms with Crippen LogP contribution in [0.4, 0.5) is 18.9 Å². The number of benzene rings is 1. The molecule has 0 heterocycles. The smallest absolute Gasteiger partial charge is 0.401 e. The molecule has 6 heteroatoms. The molecule has 19 heavy (non-hydrogen) atoms. The van der Waals surface area contributed by atoms with Crippen LogP contribution in [0, 0.1) is 0 Å². The molecule has 0 radical (unpaired) electrons. The zero-order chi connectivity index (χ0) is 14.6. The van der Waals surface area contributed by atoms with Crippen molar-refractivity contribution in [3.8, 4) is 5.75 Å². The summed E-state index contributed by atoms with van der Waals surface area (Å²) in [4.78, 5) is 1.34. The molecular weight excluding hydrogens is 257 g/mol. The van der Waals surface area contributed by atoms with Gasteiger partial charge in [-0.3, -0.25) is 4.90 Å². The molecular formula is C13H19F3N2O. The molecule has 0 atom stereocenters. The Morgan fingerprint density at radius 3 is 2.37 bits per heavy atom. The van der Waals surface area contributed by atoms with Crippen molar-refractivity contribution in [2.24, 2.45) is 0 Å². The average molecular weight is 276 g/mol. The van der Waals surface area contributed by atoms with Crippen molar-refractivity contribution in [3.63, 3.8) is 0 Å². The molecule has 0 aliphatic heterocycles. The maximum Gasteiger partial charge on any atom is 0.401 e. The lowest BCUT2D eigenvalue weighted by Gasteiger charge is -2.27. The van der Waals surface area contributed by atoms with Crippen LogP contribution in [0.3, 0.4) is 0 Å². The molecule has 0 aromatic heterocycles. The third kappa shape index (κ3) is 5.38. The number of halogens is 3. The predicted octanol–water partition coefficient (Wildman–Crippen LogP) is 3.05. The first-order chi connectivity index (χ1) is 8.71. The summed E-state index contributed by atoms with van der Waals surface area (Å²) in [6.07, 6.45) is -4.21. The Balaban J connectivity index is 2.87. The molecule has 0 aliphatic rings. The second kappa shape index (κ2) is 6.14. The zero-order valence-electron chi connectivity index (χ0n) is 11.3. The molecule has 0 unspecified atom stereocenters. The number of rotatable bonds is 5. The average Bonchev–Trinajstić information content (AvgIpc) is 2.25. The van der Waals surface area contributed by atoms with Crippen molar-refractivity contribution in [1.29, 1.82) is 0 Å². The van der Waals surface area contributed by atoms with E-state index < -0.39 is 12.7 Å². The first-order valence-corrected chi connectivity index (χ1v) is 5.95. The minimum atomic E-state index is -4.21. The maximum atomic E-state index is 12.5. The van der Waals surface area contributed by atoms with Gasteiger partial charge in [0.05, 0.1) is 13.7 Å². The monoisotopic (exact) mass is 276 g/mol. The van der Waals surface area contributed by atoms with Gasteiger partial charge in [0.25, 0.3) is 0 Å². The first-order valence-electron chi connectivity index (χ1n) is 5.95. The first kappa shape index (κ1) is 15.6. The minimum Gasteiger partial charge on any atom is -0.497 e. The van der Waals surface area contributed by atoms with Crippen LogP contribution in [0.5, 0.6) is 5.75 Å². The van der Waals surface area contributed by atoms with Gasteiger partial charge in [-0.25, -0.2) is 0 Å². The Morgan fingerprint density at radius 2 is 1.89 bits per heavy atom. The third-order valence-electron chi connectivity index (χ3n) is 2.72. The van der Waals surface area contributed by atoms with Gasteiger partial charge in [-0.15, -0.1) is 0 Å². The number of ether oxygens (including phenoxy) is 1. The van der Waals surface area contributed by atoms with E-state index in [4.69, 9.17) is 10.5 Å². The van der Waals surface area contributed by atoms with Crippen LogP contribution in [-0.2, 0) is 6.54 Å². The number of alkyl halides is 3. The molecule has 0 aliphatic carbocycles. The van der Waals surface area contributed by atoms with Crippen molar-refractivity contribution in [2.45, 2.75) is 32.6 Å². The molecule has 0 saturated carbocycles. The van der Waals surface area contributed by atoms with E-state index in [-0.39, 0.29) is 12.6 Å². The molecule has 0 amide bonds. The molecule has 1 rings (SSSR count). The van der Waals surface area contributed by atoms with Gasteiger partial charge in [-0.1, -0.05) is 0 Å². The van der Waals surface area contributed by atoms with Crippen LogP contribution < -0.4 is 10.5 Å². The van der Waals surface area contributed by atoms with E-state index in [9.17, 15) is 13.2 Å². The van der Waals surface area contributed by atoms with E-state index in [1.165, 1.54) is 12.0 Å². The van der Waals surface area contributed by atoms with Gasteiger partial charge in [0.2, 0.25) is 0 Å². The fraction of sp³-hybridized carbons (Fsp3) is 0.538. The molecule has 3 nitrogen and oxygen atoms in total. The minimum absolute atomic E-state index is 0.179. The summed E-state index contributed by atoms with van der Waals surface area (Å²) in [5.41, 5.74) is 6.87. The second-order valence-electron chi connectivity index (χ2n) is 4.73. The van der Waals surface area contributed by atoms with E-state index in [0.29, 0.717) is 17.0 Å². The number of nitrogens with zero attached hydrogens (tertiary/aromatic N) is 1. The van der Waals surface area contributed by atoms with Gasteiger partial charge < -0.3 is 10.5 Å². The summed E-state index contributed by atoms with van der Waals surface area (Å²) in [6, 6.07) is 4.78. The van der Waals surface area contributed by atoms with Gasteiger partial charge in [-0.2, -0.15) is 13.2 Å². The molecule has 0 bridgehead atoms. The number of methoxy groups -OCH3 is 1. The van der Waals surface area contributed by atoms with Crippen LogP contribution in [-0.4, -0.2) is 30.8 Å². The summed E-state index contributed by atoms with van der Waals surface area (Å²) < 4.78 is 42.6. The van der Waals surface area contributed by atoms with E-state index in [1.807, 2.05) is 0 Å². The van der Waals surface area contributed by atoms with Crippen molar-refractivity contribution < 1.29 is 17.9 Å². The van der Waals surface area contributed by atoms with Crippen LogP contribution >= 0.6 is 0 Å². The molecule has 0 fully saturated rings. The summed E-state index contributed by atoms with van der Waals surface area (Å²) in [6.45, 7) is 2.70. The van der Waals surface area contributed by atoms with Crippen molar-refractivity contribution in [1.82, 2.24) is 4.90 Å². The number of nitrogens with two attached hydrogens (primary N) is 1. The highest BCUT2D eigenvalue weighted by Gasteiger charge is 2.31. The largest absolute Gasteiger partial charge is 0.497 e. The fourth-order valence-corrected chi connectivity index (χ4v) is 1.78. The van der Waals surface area contributed by atoms with Gasteiger partial charge in [-0.05, 0) is 31.5 Å². The SMILES string of the molecule is COc1cc(N)cc(CN(CC(F)(F)F)C(C)C)c1. The van der Waals surface area contributed by atoms with Crippen LogP contribution in [0.2, 0.25) is 0 Å². The summed E-state index contributed by atoms with van der Waals surface area (Å²) in [5, 5.41) is 0. The van der Waals surface area contributed by atoms with Gasteiger partial charge >= 0.3 is 6.18 Å². The second-order valence-corrected chi connectivity index (χ2v) is 4.73. The van der Waals surface area contributed by atoms with E-state index in [0.717, 1.165) is 0 Å². The lowest BCUT2D eigenvalue weighted by atomic mass is 10.1. The molecule has 108 valence electrons. The topological polar surface area (TPSA) is 38.5 Å².